The molecular weight excluding hydrogens is 389 g/mol. The Morgan fingerprint density at radius 3 is 2.56 bits per heavy atom. The summed E-state index contributed by atoms with van der Waals surface area (Å²) in [7, 11) is 0. The molecular formula is C17H17Cl2N7O. The van der Waals surface area contributed by atoms with Gasteiger partial charge in [0.2, 0.25) is 11.9 Å². The summed E-state index contributed by atoms with van der Waals surface area (Å²) in [5.41, 5.74) is 7.22. The van der Waals surface area contributed by atoms with Gasteiger partial charge in [-0.2, -0.15) is 4.52 Å². The Bertz CT molecular complexity index is 998. The number of carbonyl (C=O) groups excluding carboxylic acids is 1. The van der Waals surface area contributed by atoms with E-state index in [0.717, 1.165) is 11.4 Å². The second kappa shape index (κ2) is 7.21. The molecule has 2 aromatic heterocycles. The first-order valence-electron chi connectivity index (χ1n) is 8.46. The van der Waals surface area contributed by atoms with E-state index in [1.807, 2.05) is 23.1 Å². The summed E-state index contributed by atoms with van der Waals surface area (Å²) in [6.45, 7) is 2.62. The number of hydrogen-bond acceptors (Lipinski definition) is 6. The van der Waals surface area contributed by atoms with E-state index in [2.05, 4.69) is 20.2 Å². The van der Waals surface area contributed by atoms with Crippen LogP contribution in [0.15, 0.2) is 30.3 Å². The minimum absolute atomic E-state index is 0.0690. The maximum atomic E-state index is 12.6. The van der Waals surface area contributed by atoms with E-state index < -0.39 is 0 Å². The highest BCUT2D eigenvalue weighted by atomic mass is 35.5. The Labute approximate surface area is 165 Å². The van der Waals surface area contributed by atoms with Crippen LogP contribution >= 0.6 is 23.2 Å². The molecule has 0 bridgehead atoms. The number of nitrogens with two attached hydrogens (primary N) is 1. The summed E-state index contributed by atoms with van der Waals surface area (Å²) < 4.78 is 1.51. The first-order chi connectivity index (χ1) is 13.0. The highest BCUT2D eigenvalue weighted by molar-refractivity contribution is 6.42. The Hall–Kier alpha value is -2.58. The molecule has 0 aliphatic carbocycles. The van der Waals surface area contributed by atoms with Gasteiger partial charge in [0, 0.05) is 26.2 Å². The maximum absolute atomic E-state index is 12.6. The van der Waals surface area contributed by atoms with Gasteiger partial charge in [-0.05, 0) is 29.8 Å². The summed E-state index contributed by atoms with van der Waals surface area (Å²) in [5.74, 6) is 1.10. The highest BCUT2D eigenvalue weighted by Crippen LogP contribution is 2.23. The topological polar surface area (TPSA) is 92.6 Å². The minimum Gasteiger partial charge on any atom is -0.366 e. The molecule has 1 aliphatic heterocycles. The number of fused-ring (bicyclic) bond motifs is 1. The molecule has 3 aromatic rings. The van der Waals surface area contributed by atoms with Crippen LogP contribution in [0.3, 0.4) is 0 Å². The van der Waals surface area contributed by atoms with Crippen molar-refractivity contribution in [2.24, 2.45) is 0 Å². The standard InChI is InChI=1S/C17H17Cl2N7O/c18-12-2-1-11(9-13(12)19)10-16(27)25-7-5-24(6-8-25)15-4-3-14-21-22-17(20)26(14)23-15/h1-4,9H,5-8,10H2,(H2,20,22). The lowest BCUT2D eigenvalue weighted by Crippen LogP contribution is -2.49. The van der Waals surface area contributed by atoms with Gasteiger partial charge in [-0.3, -0.25) is 4.79 Å². The van der Waals surface area contributed by atoms with Crippen LogP contribution in [0.2, 0.25) is 10.0 Å². The predicted molar refractivity (Wildman–Crippen MR) is 104 cm³/mol. The zero-order valence-electron chi connectivity index (χ0n) is 14.3. The molecule has 0 unspecified atom stereocenters. The fourth-order valence-electron chi connectivity index (χ4n) is 3.09. The summed E-state index contributed by atoms with van der Waals surface area (Å²) in [5, 5.41) is 13.2. The Kier molecular flexibility index (Phi) is 4.75. The van der Waals surface area contributed by atoms with Gasteiger partial charge in [0.1, 0.15) is 5.82 Å². The molecule has 1 amide bonds. The highest BCUT2D eigenvalue weighted by Gasteiger charge is 2.22. The van der Waals surface area contributed by atoms with Crippen molar-refractivity contribution in [3.05, 3.63) is 45.9 Å². The number of nitrogens with zero attached hydrogens (tertiary/aromatic N) is 6. The van der Waals surface area contributed by atoms with Gasteiger partial charge in [-0.25, -0.2) is 0 Å². The molecule has 27 heavy (non-hydrogen) atoms. The van der Waals surface area contributed by atoms with E-state index in [1.165, 1.54) is 4.52 Å². The van der Waals surface area contributed by atoms with Crippen LogP contribution in [0, 0.1) is 0 Å². The Balaban J connectivity index is 1.39. The lowest BCUT2D eigenvalue weighted by Gasteiger charge is -2.35. The third-order valence-electron chi connectivity index (χ3n) is 4.57. The van der Waals surface area contributed by atoms with Gasteiger partial charge in [0.15, 0.2) is 5.65 Å². The molecule has 10 heteroatoms. The molecule has 4 rings (SSSR count). The van der Waals surface area contributed by atoms with E-state index in [-0.39, 0.29) is 11.9 Å². The normalized spacial score (nSPS) is 14.7. The fraction of sp³-hybridized carbons (Fsp3) is 0.294. The second-order valence-electron chi connectivity index (χ2n) is 6.31. The number of aromatic nitrogens is 4. The average Bonchev–Trinajstić information content (AvgIpc) is 3.05. The van der Waals surface area contributed by atoms with E-state index in [1.54, 1.807) is 12.1 Å². The van der Waals surface area contributed by atoms with Crippen molar-refractivity contribution in [1.29, 1.82) is 0 Å². The van der Waals surface area contributed by atoms with Crippen LogP contribution in [0.25, 0.3) is 5.65 Å². The number of benzene rings is 1. The molecule has 8 nitrogen and oxygen atoms in total. The molecule has 0 saturated carbocycles. The van der Waals surface area contributed by atoms with E-state index in [4.69, 9.17) is 28.9 Å². The first kappa shape index (κ1) is 17.8. The number of carbonyl (C=O) groups is 1. The van der Waals surface area contributed by atoms with Crippen LogP contribution in [-0.2, 0) is 11.2 Å². The first-order valence-corrected chi connectivity index (χ1v) is 9.21. The molecule has 1 aliphatic rings. The summed E-state index contributed by atoms with van der Waals surface area (Å²) in [6.07, 6.45) is 0.304. The van der Waals surface area contributed by atoms with Gasteiger partial charge in [-0.15, -0.1) is 15.3 Å². The third-order valence-corrected chi connectivity index (χ3v) is 5.31. The number of rotatable bonds is 3. The lowest BCUT2D eigenvalue weighted by molar-refractivity contribution is -0.130. The van der Waals surface area contributed by atoms with Gasteiger partial charge in [-0.1, -0.05) is 29.3 Å². The number of piperazine rings is 1. The number of amides is 1. The van der Waals surface area contributed by atoms with Crippen LogP contribution in [0.5, 0.6) is 0 Å². The molecule has 1 saturated heterocycles. The number of nitrogen functional groups attached to an aromatic ring is 1. The van der Waals surface area contributed by atoms with Crippen molar-refractivity contribution in [2.75, 3.05) is 36.8 Å². The third kappa shape index (κ3) is 3.63. The minimum atomic E-state index is 0.0690. The van der Waals surface area contributed by atoms with Gasteiger partial charge in [0.05, 0.1) is 16.5 Å². The second-order valence-corrected chi connectivity index (χ2v) is 7.13. The average molecular weight is 406 g/mol. The summed E-state index contributed by atoms with van der Waals surface area (Å²) in [4.78, 5) is 16.5. The van der Waals surface area contributed by atoms with Crippen molar-refractivity contribution < 1.29 is 4.79 Å². The van der Waals surface area contributed by atoms with Crippen molar-refractivity contribution in [3.63, 3.8) is 0 Å². The van der Waals surface area contributed by atoms with Gasteiger partial charge in [0.25, 0.3) is 0 Å². The molecule has 0 atom stereocenters. The monoisotopic (exact) mass is 405 g/mol. The molecule has 1 aromatic carbocycles. The van der Waals surface area contributed by atoms with E-state index >= 15 is 0 Å². The fourth-order valence-corrected chi connectivity index (χ4v) is 3.41. The zero-order chi connectivity index (χ0) is 19.0. The van der Waals surface area contributed by atoms with Gasteiger partial charge < -0.3 is 15.5 Å². The van der Waals surface area contributed by atoms with Crippen LogP contribution < -0.4 is 10.6 Å². The number of hydrogen-bond donors (Lipinski definition) is 1. The van der Waals surface area contributed by atoms with E-state index in [9.17, 15) is 4.79 Å². The summed E-state index contributed by atoms with van der Waals surface area (Å²) >= 11 is 11.9. The lowest BCUT2D eigenvalue weighted by atomic mass is 10.1. The van der Waals surface area contributed by atoms with Crippen molar-refractivity contribution in [1.82, 2.24) is 24.7 Å². The largest absolute Gasteiger partial charge is 0.366 e. The number of anilines is 2. The zero-order valence-corrected chi connectivity index (χ0v) is 15.9. The number of halogens is 2. The van der Waals surface area contributed by atoms with Crippen molar-refractivity contribution in [3.8, 4) is 0 Å². The van der Waals surface area contributed by atoms with Crippen LogP contribution in [0.4, 0.5) is 11.8 Å². The molecule has 140 valence electrons. The molecule has 2 N–H and O–H groups in total. The predicted octanol–water partition coefficient (Wildman–Crippen LogP) is 1.90. The Morgan fingerprint density at radius 1 is 1.04 bits per heavy atom. The quantitative estimate of drug-likeness (QED) is 0.715. The molecule has 1 fully saturated rings. The van der Waals surface area contributed by atoms with Crippen molar-refractivity contribution >= 4 is 46.5 Å². The molecule has 0 radical (unpaired) electrons. The van der Waals surface area contributed by atoms with Crippen LogP contribution in [0.1, 0.15) is 5.56 Å². The Morgan fingerprint density at radius 2 is 1.81 bits per heavy atom. The summed E-state index contributed by atoms with van der Waals surface area (Å²) in [6, 6.07) is 8.98. The van der Waals surface area contributed by atoms with Crippen molar-refractivity contribution in [2.45, 2.75) is 6.42 Å². The van der Waals surface area contributed by atoms with Gasteiger partial charge >= 0.3 is 0 Å². The smallest absolute Gasteiger partial charge is 0.243 e. The SMILES string of the molecule is Nc1nnc2ccc(N3CCN(C(=O)Cc4ccc(Cl)c(Cl)c4)CC3)nn12. The molecule has 0 spiro atoms. The molecule has 3 heterocycles. The maximum Gasteiger partial charge on any atom is 0.243 e. The van der Waals surface area contributed by atoms with E-state index in [0.29, 0.717) is 48.3 Å². The van der Waals surface area contributed by atoms with Crippen LogP contribution in [-0.4, -0.2) is 56.8 Å².